The van der Waals surface area contributed by atoms with Crippen LogP contribution in [0.1, 0.15) is 60.3 Å². The summed E-state index contributed by atoms with van der Waals surface area (Å²) in [5, 5.41) is 22.3. The van der Waals surface area contributed by atoms with Crippen LogP contribution in [0.2, 0.25) is 5.02 Å². The van der Waals surface area contributed by atoms with Crippen LogP contribution in [0, 0.1) is 13.8 Å². The first-order valence-electron chi connectivity index (χ1n) is 22.0. The van der Waals surface area contributed by atoms with Crippen LogP contribution in [0.25, 0.3) is 27.2 Å². The molecule has 1 aromatic heterocycles. The second-order valence-corrected chi connectivity index (χ2v) is 16.1. The third kappa shape index (κ3) is 11.4. The van der Waals surface area contributed by atoms with E-state index in [4.69, 9.17) is 40.3 Å². The topological polar surface area (TPSA) is 142 Å². The molecular weight excluding hydrogens is 832 g/mol. The van der Waals surface area contributed by atoms with Crippen LogP contribution in [0.4, 0.5) is 11.4 Å². The standard InChI is InChI=1S/C51H57ClN4O8/c1-5-35(6-2)37-14-17-43-46(30-37)64-47-32-44(39-9-7-8-10-40(39)50(47)55-43)54-48(57)19-21-60-23-25-62-27-28-63-26-24-61-22-20-53-49(58)31-41-34(4)56(45-18-11-33(3)29-42(41)45)51(59)36-12-15-38(52)16-13-36/h7-18,29-30,32,49,53,58H,5-6,19-28,31H2,1-4H3,(H,54,57). The zero-order chi connectivity index (χ0) is 45.0. The van der Waals surface area contributed by atoms with E-state index >= 15 is 0 Å². The van der Waals surface area contributed by atoms with Gasteiger partial charge in [0.2, 0.25) is 5.91 Å². The van der Waals surface area contributed by atoms with E-state index in [0.29, 0.717) is 87.0 Å². The number of hydrogen-bond acceptors (Lipinski definition) is 10. The molecule has 6 aromatic rings. The number of amides is 1. The number of fused-ring (bicyclic) bond motifs is 5. The van der Waals surface area contributed by atoms with Crippen molar-refractivity contribution in [3.8, 4) is 11.5 Å². The first-order chi connectivity index (χ1) is 31.1. The summed E-state index contributed by atoms with van der Waals surface area (Å²) in [6.45, 7) is 11.7. The van der Waals surface area contributed by atoms with E-state index in [0.717, 1.165) is 67.6 Å². The number of rotatable bonds is 22. The molecule has 1 amide bonds. The van der Waals surface area contributed by atoms with E-state index in [1.54, 1.807) is 28.8 Å². The average Bonchev–Trinajstić information content (AvgIpc) is 3.56. The number of nitrogens with zero attached hydrogens (tertiary/aromatic N) is 2. The molecule has 0 aliphatic carbocycles. The van der Waals surface area contributed by atoms with Gasteiger partial charge in [0.05, 0.1) is 70.5 Å². The zero-order valence-electron chi connectivity index (χ0n) is 37.0. The summed E-state index contributed by atoms with van der Waals surface area (Å²) in [4.78, 5) is 31.5. The van der Waals surface area contributed by atoms with Crippen LogP contribution in [0.5, 0.6) is 11.5 Å². The van der Waals surface area contributed by atoms with Crippen LogP contribution >= 0.6 is 11.6 Å². The van der Waals surface area contributed by atoms with Crippen molar-refractivity contribution in [2.45, 2.75) is 59.6 Å². The quantitative estimate of drug-likeness (QED) is 0.0453. The Balaban J connectivity index is 0.751. The Hall–Kier alpha value is -5.44. The lowest BCUT2D eigenvalue weighted by Gasteiger charge is -2.19. The van der Waals surface area contributed by atoms with Crippen molar-refractivity contribution < 1.29 is 38.4 Å². The third-order valence-electron chi connectivity index (χ3n) is 11.3. The van der Waals surface area contributed by atoms with Crippen LogP contribution in [-0.4, -0.2) is 87.1 Å². The number of aryl methyl sites for hydroxylation is 1. The van der Waals surface area contributed by atoms with Crippen molar-refractivity contribution >= 4 is 62.0 Å². The molecule has 1 atom stereocenters. The summed E-state index contributed by atoms with van der Waals surface area (Å²) >= 11 is 6.05. The van der Waals surface area contributed by atoms with Gasteiger partial charge in [0.1, 0.15) is 17.3 Å². The third-order valence-corrected chi connectivity index (χ3v) is 11.6. The highest BCUT2D eigenvalue weighted by Gasteiger charge is 2.22. The van der Waals surface area contributed by atoms with Gasteiger partial charge in [0.15, 0.2) is 11.5 Å². The van der Waals surface area contributed by atoms with Crippen molar-refractivity contribution in [3.05, 3.63) is 129 Å². The van der Waals surface area contributed by atoms with Gasteiger partial charge in [-0.1, -0.05) is 73.0 Å². The molecule has 7 rings (SSSR count). The average molecular weight is 889 g/mol. The van der Waals surface area contributed by atoms with Crippen LogP contribution in [-0.2, 0) is 30.2 Å². The molecule has 0 radical (unpaired) electrons. The molecule has 0 spiro atoms. The van der Waals surface area contributed by atoms with E-state index in [2.05, 4.69) is 42.7 Å². The van der Waals surface area contributed by atoms with Gasteiger partial charge in [-0.25, -0.2) is 4.99 Å². The van der Waals surface area contributed by atoms with Crippen LogP contribution in [0.15, 0.2) is 96.0 Å². The monoisotopic (exact) mass is 888 g/mol. The molecule has 12 nitrogen and oxygen atoms in total. The minimum absolute atomic E-state index is 0.149. The number of aliphatic hydroxyl groups is 1. The number of ether oxygens (including phenoxy) is 5. The van der Waals surface area contributed by atoms with Crippen molar-refractivity contribution in [2.24, 2.45) is 4.99 Å². The molecule has 2 heterocycles. The number of aromatic nitrogens is 1. The predicted octanol–water partition coefficient (Wildman–Crippen LogP) is 8.33. The van der Waals surface area contributed by atoms with E-state index < -0.39 is 6.23 Å². The molecule has 1 aliphatic rings. The van der Waals surface area contributed by atoms with E-state index in [-0.39, 0.29) is 24.8 Å². The highest BCUT2D eigenvalue weighted by molar-refractivity contribution is 6.30. The van der Waals surface area contributed by atoms with Crippen molar-refractivity contribution in [3.63, 3.8) is 0 Å². The number of anilines is 1. The van der Waals surface area contributed by atoms with Gasteiger partial charge < -0.3 is 34.1 Å². The minimum atomic E-state index is -0.831. The lowest BCUT2D eigenvalue weighted by atomic mass is 10.0. The number of halogens is 1. The molecule has 13 heteroatoms. The maximum Gasteiger partial charge on any atom is 0.262 e. The number of aliphatic hydroxyl groups excluding tert-OH is 1. The molecule has 0 bridgehead atoms. The first kappa shape index (κ1) is 46.5. The van der Waals surface area contributed by atoms with Crippen LogP contribution in [0.3, 0.4) is 0 Å². The second kappa shape index (κ2) is 22.5. The Morgan fingerprint density at radius 2 is 1.44 bits per heavy atom. The number of benzene rings is 5. The first-order valence-corrected chi connectivity index (χ1v) is 22.4. The Bertz CT molecular complexity index is 2710. The molecule has 0 fully saturated rings. The molecular formula is C51H57ClN4O8. The van der Waals surface area contributed by atoms with Gasteiger partial charge in [-0.05, 0) is 86.0 Å². The highest BCUT2D eigenvalue weighted by atomic mass is 35.5. The maximum atomic E-state index is 13.5. The normalized spacial score (nSPS) is 12.4. The number of nitrogens with one attached hydrogen (secondary N) is 2. The Kier molecular flexibility index (Phi) is 16.3. The molecule has 1 aliphatic heterocycles. The smallest absolute Gasteiger partial charge is 0.262 e. The number of carbonyl (C=O) groups excluding carboxylic acids is 2. The Morgan fingerprint density at radius 3 is 2.14 bits per heavy atom. The molecule has 5 aromatic carbocycles. The molecule has 64 heavy (non-hydrogen) atoms. The Labute approximate surface area is 378 Å². The van der Waals surface area contributed by atoms with Crippen molar-refractivity contribution in [2.75, 3.05) is 64.7 Å². The van der Waals surface area contributed by atoms with Crippen molar-refractivity contribution in [1.29, 1.82) is 0 Å². The summed E-state index contributed by atoms with van der Waals surface area (Å²) in [6.07, 6.45) is 1.62. The zero-order valence-corrected chi connectivity index (χ0v) is 37.8. The fraction of sp³-hybridized carbons (Fsp3) is 0.353. The van der Waals surface area contributed by atoms with Gasteiger partial charge >= 0.3 is 0 Å². The molecule has 0 saturated carbocycles. The second-order valence-electron chi connectivity index (χ2n) is 15.7. The largest absolute Gasteiger partial charge is 0.453 e. The summed E-state index contributed by atoms with van der Waals surface area (Å²) in [5.74, 6) is 1.00. The fourth-order valence-corrected chi connectivity index (χ4v) is 8.10. The van der Waals surface area contributed by atoms with Crippen molar-refractivity contribution in [1.82, 2.24) is 9.88 Å². The van der Waals surface area contributed by atoms with E-state index in [1.807, 2.05) is 62.4 Å². The van der Waals surface area contributed by atoms with Gasteiger partial charge in [0, 0.05) is 51.5 Å². The molecule has 1 unspecified atom stereocenters. The van der Waals surface area contributed by atoms with Gasteiger partial charge in [0.25, 0.3) is 5.91 Å². The highest BCUT2D eigenvalue weighted by Crippen LogP contribution is 2.43. The maximum absolute atomic E-state index is 13.5. The molecule has 0 saturated heterocycles. The van der Waals surface area contributed by atoms with Gasteiger partial charge in [-0.2, -0.15) is 0 Å². The van der Waals surface area contributed by atoms with E-state index in [1.165, 1.54) is 5.57 Å². The lowest BCUT2D eigenvalue weighted by molar-refractivity contribution is -0.117. The molecule has 336 valence electrons. The Morgan fingerprint density at radius 1 is 0.766 bits per heavy atom. The summed E-state index contributed by atoms with van der Waals surface area (Å²) < 4.78 is 30.7. The number of hydrogen-bond donors (Lipinski definition) is 3. The summed E-state index contributed by atoms with van der Waals surface area (Å²) in [5.41, 5.74) is 6.87. The van der Waals surface area contributed by atoms with E-state index in [9.17, 15) is 14.7 Å². The van der Waals surface area contributed by atoms with Crippen LogP contribution < -0.4 is 25.9 Å². The lowest BCUT2D eigenvalue weighted by Crippen LogP contribution is -2.34. The summed E-state index contributed by atoms with van der Waals surface area (Å²) in [7, 11) is 0. The minimum Gasteiger partial charge on any atom is -0.453 e. The SMILES string of the molecule is CCC(CC)=c1ccc2c(c1)Oc1cc(NC(=O)CCOCCOCCOCCOCCNC(O)Cc3c(C)n(C(=O)c4ccc(Cl)cc4)c4ccc(C)cc34)c3ccccc3c1N=2. The predicted molar refractivity (Wildman–Crippen MR) is 252 cm³/mol. The van der Waals surface area contributed by atoms with Gasteiger partial charge in [-0.15, -0.1) is 0 Å². The fourth-order valence-electron chi connectivity index (χ4n) is 7.98. The summed E-state index contributed by atoms with van der Waals surface area (Å²) in [6, 6.07) is 28.7. The molecule has 3 N–H and O–H groups in total. The number of carbonyl (C=O) groups is 2. The van der Waals surface area contributed by atoms with Gasteiger partial charge in [-0.3, -0.25) is 19.5 Å².